The Morgan fingerprint density at radius 2 is 1.88 bits per heavy atom. The van der Waals surface area contributed by atoms with Crippen LogP contribution in [0.4, 0.5) is 0 Å². The molecule has 3 rings (SSSR count). The van der Waals surface area contributed by atoms with Gasteiger partial charge in [0.05, 0.1) is 0 Å². The Bertz CT molecular complexity index is 426. The van der Waals surface area contributed by atoms with Crippen LogP contribution in [0.2, 0.25) is 0 Å². The van der Waals surface area contributed by atoms with Gasteiger partial charge in [0.1, 0.15) is 0 Å². The van der Waals surface area contributed by atoms with Crippen LogP contribution in [0, 0.1) is 5.92 Å². The number of nitrogens with one attached hydrogen (secondary N) is 2. The molecule has 0 amide bonds. The van der Waals surface area contributed by atoms with E-state index >= 15 is 0 Å². The lowest BCUT2D eigenvalue weighted by Crippen LogP contribution is -2.56. The van der Waals surface area contributed by atoms with Crippen LogP contribution in [0.5, 0.6) is 0 Å². The maximum Gasteiger partial charge on any atom is 0.191 e. The summed E-state index contributed by atoms with van der Waals surface area (Å²) >= 11 is 0. The molecule has 0 aromatic heterocycles. The van der Waals surface area contributed by atoms with Crippen molar-refractivity contribution in [2.75, 3.05) is 47.1 Å². The van der Waals surface area contributed by atoms with Crippen molar-refractivity contribution in [2.45, 2.75) is 69.5 Å². The second-order valence-corrected chi connectivity index (χ2v) is 8.20. The largest absolute Gasteiger partial charge is 0.381 e. The summed E-state index contributed by atoms with van der Waals surface area (Å²) in [7, 11) is 4.17. The predicted molar refractivity (Wildman–Crippen MR) is 106 cm³/mol. The first-order valence-corrected chi connectivity index (χ1v) is 10.6. The summed E-state index contributed by atoms with van der Waals surface area (Å²) < 4.78 is 11.2. The number of rotatable bonds is 7. The smallest absolute Gasteiger partial charge is 0.191 e. The van der Waals surface area contributed by atoms with Gasteiger partial charge in [-0.25, -0.2) is 0 Å². The molecule has 3 aliphatic heterocycles. The first kappa shape index (κ1) is 19.9. The van der Waals surface area contributed by atoms with Crippen LogP contribution in [-0.2, 0) is 9.47 Å². The molecular formula is C20H38N4O2. The molecular weight excluding hydrogens is 328 g/mol. The van der Waals surface area contributed by atoms with Crippen molar-refractivity contribution in [3.05, 3.63) is 0 Å². The molecule has 3 fully saturated rings. The van der Waals surface area contributed by atoms with Gasteiger partial charge in [-0.3, -0.25) is 4.99 Å². The number of ether oxygens (including phenoxy) is 2. The van der Waals surface area contributed by atoms with E-state index in [-0.39, 0.29) is 0 Å². The summed E-state index contributed by atoms with van der Waals surface area (Å²) in [4.78, 5) is 7.02. The summed E-state index contributed by atoms with van der Waals surface area (Å²) in [6.45, 7) is 4.41. The lowest BCUT2D eigenvalue weighted by atomic mass is 9.82. The summed E-state index contributed by atoms with van der Waals surface area (Å²) in [5, 5.41) is 7.11. The zero-order valence-electron chi connectivity index (χ0n) is 16.7. The molecule has 0 aliphatic carbocycles. The molecule has 0 saturated carbocycles. The molecule has 3 saturated heterocycles. The molecule has 150 valence electrons. The van der Waals surface area contributed by atoms with Gasteiger partial charge in [0.25, 0.3) is 0 Å². The van der Waals surface area contributed by atoms with Crippen molar-refractivity contribution in [3.63, 3.8) is 0 Å². The fraction of sp³-hybridized carbons (Fsp3) is 0.950. The highest BCUT2D eigenvalue weighted by atomic mass is 16.5. The molecule has 0 radical (unpaired) electrons. The van der Waals surface area contributed by atoms with E-state index in [1.165, 1.54) is 32.1 Å². The molecule has 2 bridgehead atoms. The minimum Gasteiger partial charge on any atom is -0.381 e. The Kier molecular flexibility index (Phi) is 8.02. The van der Waals surface area contributed by atoms with E-state index in [0.717, 1.165) is 70.3 Å². The number of fused-ring (bicyclic) bond motifs is 2. The van der Waals surface area contributed by atoms with Gasteiger partial charge in [0, 0.05) is 58.1 Å². The first-order chi connectivity index (χ1) is 12.8. The quantitative estimate of drug-likeness (QED) is 0.410. The Balaban J connectivity index is 1.27. The van der Waals surface area contributed by atoms with Crippen molar-refractivity contribution in [1.29, 1.82) is 0 Å². The maximum absolute atomic E-state index is 5.84. The fourth-order valence-corrected chi connectivity index (χ4v) is 4.67. The molecule has 3 heterocycles. The van der Waals surface area contributed by atoms with E-state index in [0.29, 0.717) is 12.0 Å². The Labute approximate surface area is 159 Å². The molecule has 26 heavy (non-hydrogen) atoms. The maximum atomic E-state index is 5.84. The van der Waals surface area contributed by atoms with E-state index in [4.69, 9.17) is 9.47 Å². The van der Waals surface area contributed by atoms with Gasteiger partial charge < -0.3 is 25.0 Å². The molecule has 0 aromatic rings. The highest BCUT2D eigenvalue weighted by Gasteiger charge is 2.36. The summed E-state index contributed by atoms with van der Waals surface area (Å²) in [6.07, 6.45) is 9.88. The minimum absolute atomic E-state index is 0.553. The van der Waals surface area contributed by atoms with Gasteiger partial charge in [-0.2, -0.15) is 0 Å². The van der Waals surface area contributed by atoms with Crippen LogP contribution in [0.15, 0.2) is 4.99 Å². The number of piperidine rings is 2. The summed E-state index contributed by atoms with van der Waals surface area (Å²) in [6, 6.07) is 2.05. The van der Waals surface area contributed by atoms with Crippen molar-refractivity contribution < 1.29 is 9.47 Å². The number of nitrogens with zero attached hydrogens (tertiary/aromatic N) is 2. The van der Waals surface area contributed by atoms with Gasteiger partial charge >= 0.3 is 0 Å². The molecule has 2 unspecified atom stereocenters. The molecule has 2 atom stereocenters. The molecule has 3 aliphatic rings. The van der Waals surface area contributed by atoms with E-state index in [1.807, 2.05) is 7.05 Å². The second-order valence-electron chi connectivity index (χ2n) is 8.20. The van der Waals surface area contributed by atoms with Crippen LogP contribution < -0.4 is 10.6 Å². The van der Waals surface area contributed by atoms with Crippen LogP contribution >= 0.6 is 0 Å². The van der Waals surface area contributed by atoms with Crippen LogP contribution in [0.3, 0.4) is 0 Å². The van der Waals surface area contributed by atoms with Crippen LogP contribution in [0.25, 0.3) is 0 Å². The summed E-state index contributed by atoms with van der Waals surface area (Å²) in [5.74, 6) is 1.64. The third-order valence-corrected chi connectivity index (χ3v) is 6.36. The Hall–Kier alpha value is -0.850. The topological polar surface area (TPSA) is 58.1 Å². The predicted octanol–water partition coefficient (Wildman–Crippen LogP) is 2.00. The second kappa shape index (κ2) is 10.5. The van der Waals surface area contributed by atoms with E-state index in [1.54, 1.807) is 0 Å². The fourth-order valence-electron chi connectivity index (χ4n) is 4.67. The Morgan fingerprint density at radius 3 is 2.58 bits per heavy atom. The third kappa shape index (κ3) is 5.83. The third-order valence-electron chi connectivity index (χ3n) is 6.36. The van der Waals surface area contributed by atoms with Crippen molar-refractivity contribution in [2.24, 2.45) is 10.9 Å². The molecule has 2 N–H and O–H groups in total. The standard InChI is InChI=1S/C20H38N4O2/c1-21-20(22-9-4-10-26-15-16-7-11-25-12-8-16)23-17-13-18-5-3-6-19(14-17)24(18)2/h16-19H,3-15H2,1-2H3,(H2,21,22,23). The average molecular weight is 367 g/mol. The number of aliphatic imine (C=N–C) groups is 1. The zero-order chi connectivity index (χ0) is 18.2. The van der Waals surface area contributed by atoms with E-state index in [2.05, 4.69) is 27.6 Å². The van der Waals surface area contributed by atoms with Crippen molar-refractivity contribution in [3.8, 4) is 0 Å². The summed E-state index contributed by atoms with van der Waals surface area (Å²) in [5.41, 5.74) is 0. The van der Waals surface area contributed by atoms with Crippen molar-refractivity contribution in [1.82, 2.24) is 15.5 Å². The molecule has 6 nitrogen and oxygen atoms in total. The van der Waals surface area contributed by atoms with Gasteiger partial charge in [-0.15, -0.1) is 0 Å². The van der Waals surface area contributed by atoms with Crippen LogP contribution in [-0.4, -0.2) is 76.1 Å². The number of hydrogen-bond donors (Lipinski definition) is 2. The van der Waals surface area contributed by atoms with Gasteiger partial charge in [0.15, 0.2) is 5.96 Å². The Morgan fingerprint density at radius 1 is 1.15 bits per heavy atom. The van der Waals surface area contributed by atoms with E-state index < -0.39 is 0 Å². The van der Waals surface area contributed by atoms with Crippen molar-refractivity contribution >= 4 is 5.96 Å². The number of guanidine groups is 1. The van der Waals surface area contributed by atoms with Crippen LogP contribution in [0.1, 0.15) is 51.4 Å². The zero-order valence-corrected chi connectivity index (χ0v) is 16.7. The van der Waals surface area contributed by atoms with Gasteiger partial charge in [-0.05, 0) is 57.9 Å². The lowest BCUT2D eigenvalue weighted by Gasteiger charge is -2.47. The SMILES string of the molecule is CN=C(NCCCOCC1CCOCC1)NC1CC2CCCC(C1)N2C. The molecule has 0 aromatic carbocycles. The first-order valence-electron chi connectivity index (χ1n) is 10.6. The lowest BCUT2D eigenvalue weighted by molar-refractivity contribution is 0.0203. The van der Waals surface area contributed by atoms with Gasteiger partial charge in [-0.1, -0.05) is 6.42 Å². The monoisotopic (exact) mass is 366 g/mol. The molecule has 0 spiro atoms. The number of hydrogen-bond acceptors (Lipinski definition) is 4. The minimum atomic E-state index is 0.553. The van der Waals surface area contributed by atoms with E-state index in [9.17, 15) is 0 Å². The highest BCUT2D eigenvalue weighted by Crippen LogP contribution is 2.32. The normalized spacial score (nSPS) is 31.0. The molecule has 6 heteroatoms. The highest BCUT2D eigenvalue weighted by molar-refractivity contribution is 5.79. The van der Waals surface area contributed by atoms with Gasteiger partial charge in [0.2, 0.25) is 0 Å². The average Bonchev–Trinajstić information content (AvgIpc) is 2.65.